The standard InChI is InChI=1S/C24H25BrN2O4S/c1-29-16-31-21-15-22(32-23(21)19-5-3-4-6-20(19)25)24(28)27-13-11-26(12-14-27)17-7-9-18(30-2)10-8-17/h3-10,15H,11-14,16H2,1-2H3. The lowest BCUT2D eigenvalue weighted by Gasteiger charge is -2.36. The number of ether oxygens (including phenoxy) is 3. The van der Waals surface area contributed by atoms with Gasteiger partial charge >= 0.3 is 0 Å². The van der Waals surface area contributed by atoms with E-state index in [0.29, 0.717) is 23.7 Å². The summed E-state index contributed by atoms with van der Waals surface area (Å²) in [4.78, 5) is 19.1. The van der Waals surface area contributed by atoms with Crippen molar-refractivity contribution in [3.05, 3.63) is 63.9 Å². The van der Waals surface area contributed by atoms with Crippen LogP contribution in [-0.4, -0.2) is 58.0 Å². The molecular formula is C24H25BrN2O4S. The largest absolute Gasteiger partial charge is 0.497 e. The summed E-state index contributed by atoms with van der Waals surface area (Å²) in [6.45, 7) is 3.03. The molecule has 1 aliphatic rings. The van der Waals surface area contributed by atoms with Gasteiger partial charge in [0.05, 0.1) is 16.9 Å². The lowest BCUT2D eigenvalue weighted by Crippen LogP contribution is -2.48. The Kier molecular flexibility index (Phi) is 7.34. The van der Waals surface area contributed by atoms with Crippen LogP contribution in [0.3, 0.4) is 0 Å². The Balaban J connectivity index is 1.49. The summed E-state index contributed by atoms with van der Waals surface area (Å²) in [6.07, 6.45) is 0. The first kappa shape index (κ1) is 22.6. The number of hydrogen-bond acceptors (Lipinski definition) is 6. The lowest BCUT2D eigenvalue weighted by molar-refractivity contribution is 0.0516. The van der Waals surface area contributed by atoms with Gasteiger partial charge in [0.1, 0.15) is 11.5 Å². The normalized spacial score (nSPS) is 13.8. The van der Waals surface area contributed by atoms with Crippen LogP contribution in [0.4, 0.5) is 5.69 Å². The average Bonchev–Trinajstić information content (AvgIpc) is 3.26. The van der Waals surface area contributed by atoms with Gasteiger partial charge in [0.2, 0.25) is 0 Å². The zero-order chi connectivity index (χ0) is 22.5. The Labute approximate surface area is 200 Å². The zero-order valence-electron chi connectivity index (χ0n) is 18.0. The second-order valence-electron chi connectivity index (χ2n) is 7.31. The summed E-state index contributed by atoms with van der Waals surface area (Å²) in [7, 11) is 3.25. The van der Waals surface area contributed by atoms with E-state index in [4.69, 9.17) is 14.2 Å². The van der Waals surface area contributed by atoms with E-state index in [9.17, 15) is 4.79 Å². The number of halogens is 1. The fourth-order valence-electron chi connectivity index (χ4n) is 3.66. The number of carbonyl (C=O) groups is 1. The minimum absolute atomic E-state index is 0.0324. The Hall–Kier alpha value is -2.55. The maximum absolute atomic E-state index is 13.3. The molecule has 0 atom stereocenters. The fourth-order valence-corrected chi connectivity index (χ4v) is 5.38. The highest BCUT2D eigenvalue weighted by Crippen LogP contribution is 2.42. The van der Waals surface area contributed by atoms with Gasteiger partial charge in [-0.25, -0.2) is 0 Å². The molecule has 6 nitrogen and oxygen atoms in total. The molecule has 8 heteroatoms. The lowest BCUT2D eigenvalue weighted by atomic mass is 10.2. The molecule has 1 saturated heterocycles. The van der Waals surface area contributed by atoms with Gasteiger partial charge in [0, 0.05) is 55.1 Å². The summed E-state index contributed by atoms with van der Waals surface area (Å²) in [5.74, 6) is 1.53. The molecule has 1 amide bonds. The summed E-state index contributed by atoms with van der Waals surface area (Å²) in [6, 6.07) is 17.8. The molecular weight excluding hydrogens is 492 g/mol. The number of hydrogen-bond donors (Lipinski definition) is 0. The minimum Gasteiger partial charge on any atom is -0.497 e. The van der Waals surface area contributed by atoms with Gasteiger partial charge in [-0.3, -0.25) is 4.79 Å². The smallest absolute Gasteiger partial charge is 0.264 e. The van der Waals surface area contributed by atoms with Crippen LogP contribution in [0.25, 0.3) is 10.4 Å². The summed E-state index contributed by atoms with van der Waals surface area (Å²) < 4.78 is 17.1. The van der Waals surface area contributed by atoms with Gasteiger partial charge in [-0.1, -0.05) is 34.1 Å². The monoisotopic (exact) mass is 516 g/mol. The number of nitrogens with zero attached hydrogens (tertiary/aromatic N) is 2. The van der Waals surface area contributed by atoms with Crippen molar-refractivity contribution in [3.8, 4) is 21.9 Å². The van der Waals surface area contributed by atoms with E-state index < -0.39 is 0 Å². The number of anilines is 1. The number of methoxy groups -OCH3 is 2. The van der Waals surface area contributed by atoms with Crippen LogP contribution in [-0.2, 0) is 4.74 Å². The number of amides is 1. The van der Waals surface area contributed by atoms with Crippen molar-refractivity contribution >= 4 is 38.9 Å². The Morgan fingerprint density at radius 1 is 1.03 bits per heavy atom. The molecule has 168 valence electrons. The molecule has 1 aromatic heterocycles. The first-order chi connectivity index (χ1) is 15.6. The van der Waals surface area contributed by atoms with Gasteiger partial charge in [-0.2, -0.15) is 0 Å². The molecule has 32 heavy (non-hydrogen) atoms. The molecule has 0 N–H and O–H groups in total. The van der Waals surface area contributed by atoms with Crippen molar-refractivity contribution < 1.29 is 19.0 Å². The molecule has 2 heterocycles. The third kappa shape index (κ3) is 4.92. The van der Waals surface area contributed by atoms with Crippen molar-refractivity contribution in [3.63, 3.8) is 0 Å². The Bertz CT molecular complexity index is 1060. The van der Waals surface area contributed by atoms with E-state index in [2.05, 4.69) is 33.0 Å². The maximum Gasteiger partial charge on any atom is 0.264 e. The predicted octanol–water partition coefficient (Wildman–Crippen LogP) is 5.13. The van der Waals surface area contributed by atoms with E-state index in [0.717, 1.165) is 39.4 Å². The first-order valence-corrected chi connectivity index (χ1v) is 11.9. The fraction of sp³-hybridized carbons (Fsp3) is 0.292. The van der Waals surface area contributed by atoms with Crippen LogP contribution in [0, 0.1) is 0 Å². The molecule has 0 spiro atoms. The second kappa shape index (κ2) is 10.4. The number of piperazine rings is 1. The van der Waals surface area contributed by atoms with Gasteiger partial charge in [0.25, 0.3) is 5.91 Å². The van der Waals surface area contributed by atoms with E-state index >= 15 is 0 Å². The Morgan fingerprint density at radius 3 is 2.41 bits per heavy atom. The second-order valence-corrected chi connectivity index (χ2v) is 9.22. The number of carbonyl (C=O) groups excluding carboxylic acids is 1. The van der Waals surface area contributed by atoms with Crippen molar-refractivity contribution in [2.75, 3.05) is 52.1 Å². The molecule has 0 aliphatic carbocycles. The van der Waals surface area contributed by atoms with Crippen LogP contribution in [0.5, 0.6) is 11.5 Å². The number of benzene rings is 2. The van der Waals surface area contributed by atoms with Crippen LogP contribution in [0.15, 0.2) is 59.1 Å². The molecule has 0 radical (unpaired) electrons. The molecule has 1 fully saturated rings. The first-order valence-electron chi connectivity index (χ1n) is 10.3. The Morgan fingerprint density at radius 2 is 1.75 bits per heavy atom. The third-order valence-electron chi connectivity index (χ3n) is 5.36. The number of rotatable bonds is 7. The average molecular weight is 517 g/mol. The predicted molar refractivity (Wildman–Crippen MR) is 131 cm³/mol. The molecule has 4 rings (SSSR count). The van der Waals surface area contributed by atoms with Crippen LogP contribution in [0.2, 0.25) is 0 Å². The molecule has 0 bridgehead atoms. The third-order valence-corrected chi connectivity index (χ3v) is 7.19. The van der Waals surface area contributed by atoms with Gasteiger partial charge in [0.15, 0.2) is 6.79 Å². The summed E-state index contributed by atoms with van der Waals surface area (Å²) in [5.41, 5.74) is 2.13. The summed E-state index contributed by atoms with van der Waals surface area (Å²) in [5, 5.41) is 0. The zero-order valence-corrected chi connectivity index (χ0v) is 20.4. The quantitative estimate of drug-likeness (QED) is 0.407. The maximum atomic E-state index is 13.3. The van der Waals surface area contributed by atoms with Gasteiger partial charge < -0.3 is 24.0 Å². The minimum atomic E-state index is 0.0324. The number of thiophene rings is 1. The highest BCUT2D eigenvalue weighted by Gasteiger charge is 2.26. The van der Waals surface area contributed by atoms with Gasteiger partial charge in [-0.05, 0) is 30.3 Å². The molecule has 1 aliphatic heterocycles. The van der Waals surface area contributed by atoms with Crippen molar-refractivity contribution in [1.82, 2.24) is 4.90 Å². The topological polar surface area (TPSA) is 51.2 Å². The van der Waals surface area contributed by atoms with E-state index in [-0.39, 0.29) is 12.7 Å². The van der Waals surface area contributed by atoms with Crippen LogP contribution < -0.4 is 14.4 Å². The summed E-state index contributed by atoms with van der Waals surface area (Å²) >= 11 is 5.06. The van der Waals surface area contributed by atoms with Crippen LogP contribution in [0.1, 0.15) is 9.67 Å². The van der Waals surface area contributed by atoms with Gasteiger partial charge in [-0.15, -0.1) is 11.3 Å². The highest BCUT2D eigenvalue weighted by atomic mass is 79.9. The van der Waals surface area contributed by atoms with E-state index in [1.165, 1.54) is 11.3 Å². The molecule has 0 saturated carbocycles. The van der Waals surface area contributed by atoms with E-state index in [1.54, 1.807) is 14.2 Å². The van der Waals surface area contributed by atoms with Crippen molar-refractivity contribution in [1.29, 1.82) is 0 Å². The molecule has 2 aromatic carbocycles. The van der Waals surface area contributed by atoms with Crippen LogP contribution >= 0.6 is 27.3 Å². The van der Waals surface area contributed by atoms with Crippen molar-refractivity contribution in [2.45, 2.75) is 0 Å². The molecule has 3 aromatic rings. The SMILES string of the molecule is COCOc1cc(C(=O)N2CCN(c3ccc(OC)cc3)CC2)sc1-c1ccccc1Br. The van der Waals surface area contributed by atoms with E-state index in [1.807, 2.05) is 47.4 Å². The molecule has 0 unspecified atom stereocenters. The van der Waals surface area contributed by atoms with Crippen molar-refractivity contribution in [2.24, 2.45) is 0 Å². The highest BCUT2D eigenvalue weighted by molar-refractivity contribution is 9.10.